The minimum absolute atomic E-state index is 0.260. The van der Waals surface area contributed by atoms with Gasteiger partial charge in [-0.25, -0.2) is 0 Å². The van der Waals surface area contributed by atoms with Gasteiger partial charge in [-0.05, 0) is 11.1 Å². The first kappa shape index (κ1) is 13.9. The van der Waals surface area contributed by atoms with Crippen molar-refractivity contribution in [2.75, 3.05) is 26.3 Å². The molecular weight excluding hydrogens is 274 g/mol. The summed E-state index contributed by atoms with van der Waals surface area (Å²) >= 11 is 0. The summed E-state index contributed by atoms with van der Waals surface area (Å²) in [6.45, 7) is 3.71. The Hall–Kier alpha value is -1.68. The first-order valence-electron chi connectivity index (χ1n) is 7.97. The average Bonchev–Trinajstić information content (AvgIpc) is 3.46. The van der Waals surface area contributed by atoms with E-state index in [0.29, 0.717) is 12.2 Å². The molecular formula is C19H21NO2. The van der Waals surface area contributed by atoms with Crippen LogP contribution in [0.15, 0.2) is 60.7 Å². The van der Waals surface area contributed by atoms with Gasteiger partial charge in [0, 0.05) is 13.1 Å². The van der Waals surface area contributed by atoms with E-state index < -0.39 is 0 Å². The molecule has 0 aromatic heterocycles. The maximum Gasteiger partial charge on any atom is 0.0936 e. The lowest BCUT2D eigenvalue weighted by Crippen LogP contribution is -2.36. The summed E-state index contributed by atoms with van der Waals surface area (Å²) in [5.41, 5.74) is 2.66. The van der Waals surface area contributed by atoms with Gasteiger partial charge in [0.05, 0.1) is 31.5 Å². The van der Waals surface area contributed by atoms with Crippen molar-refractivity contribution in [3.05, 3.63) is 71.8 Å². The number of ether oxygens (including phenoxy) is 2. The Labute approximate surface area is 131 Å². The molecule has 3 heteroatoms. The zero-order valence-electron chi connectivity index (χ0n) is 12.6. The van der Waals surface area contributed by atoms with Gasteiger partial charge >= 0.3 is 0 Å². The SMILES string of the molecule is c1ccc(C(c2ccccc2)N(CC2CO2)CC2CO2)cc1. The molecule has 2 saturated heterocycles. The minimum Gasteiger partial charge on any atom is -0.372 e. The molecule has 2 heterocycles. The smallest absolute Gasteiger partial charge is 0.0936 e. The van der Waals surface area contributed by atoms with Gasteiger partial charge in [-0.1, -0.05) is 60.7 Å². The zero-order valence-corrected chi connectivity index (χ0v) is 12.6. The predicted molar refractivity (Wildman–Crippen MR) is 85.8 cm³/mol. The third kappa shape index (κ3) is 3.38. The summed E-state index contributed by atoms with van der Waals surface area (Å²) in [6.07, 6.45) is 0.766. The maximum atomic E-state index is 5.48. The highest BCUT2D eigenvalue weighted by molar-refractivity contribution is 5.32. The summed E-state index contributed by atoms with van der Waals surface area (Å²) < 4.78 is 11.0. The third-order valence-corrected chi connectivity index (χ3v) is 4.28. The number of hydrogen-bond acceptors (Lipinski definition) is 3. The van der Waals surface area contributed by atoms with Gasteiger partial charge in [0.2, 0.25) is 0 Å². The van der Waals surface area contributed by atoms with Gasteiger partial charge in [0.25, 0.3) is 0 Å². The largest absolute Gasteiger partial charge is 0.372 e. The molecule has 2 aliphatic rings. The average molecular weight is 295 g/mol. The van der Waals surface area contributed by atoms with Crippen LogP contribution >= 0.6 is 0 Å². The second-order valence-corrected chi connectivity index (χ2v) is 6.09. The summed E-state index contributed by atoms with van der Waals surface area (Å²) in [7, 11) is 0. The molecule has 114 valence electrons. The molecule has 2 aliphatic heterocycles. The van der Waals surface area contributed by atoms with E-state index in [9.17, 15) is 0 Å². The predicted octanol–water partition coefficient (Wildman–Crippen LogP) is 2.88. The Morgan fingerprint density at radius 1 is 0.773 bits per heavy atom. The van der Waals surface area contributed by atoms with Crippen LogP contribution in [0.25, 0.3) is 0 Å². The van der Waals surface area contributed by atoms with E-state index in [-0.39, 0.29) is 6.04 Å². The van der Waals surface area contributed by atoms with Crippen LogP contribution < -0.4 is 0 Å². The van der Waals surface area contributed by atoms with Crippen molar-refractivity contribution in [3.8, 4) is 0 Å². The van der Waals surface area contributed by atoms with E-state index in [1.54, 1.807) is 0 Å². The number of benzene rings is 2. The lowest BCUT2D eigenvalue weighted by atomic mass is 9.96. The van der Waals surface area contributed by atoms with Crippen molar-refractivity contribution >= 4 is 0 Å². The molecule has 0 radical (unpaired) electrons. The topological polar surface area (TPSA) is 28.3 Å². The van der Waals surface area contributed by atoms with Gasteiger partial charge < -0.3 is 9.47 Å². The lowest BCUT2D eigenvalue weighted by Gasteiger charge is -2.31. The fraction of sp³-hybridized carbons (Fsp3) is 0.368. The van der Waals surface area contributed by atoms with Crippen LogP contribution in [0.3, 0.4) is 0 Å². The Bertz CT molecular complexity index is 540. The van der Waals surface area contributed by atoms with Crippen LogP contribution in [0, 0.1) is 0 Å². The van der Waals surface area contributed by atoms with Crippen LogP contribution in [0.1, 0.15) is 17.2 Å². The first-order valence-corrected chi connectivity index (χ1v) is 7.97. The van der Waals surface area contributed by atoms with E-state index in [2.05, 4.69) is 65.6 Å². The van der Waals surface area contributed by atoms with Crippen LogP contribution in [0.2, 0.25) is 0 Å². The van der Waals surface area contributed by atoms with E-state index >= 15 is 0 Å². The van der Waals surface area contributed by atoms with E-state index in [1.165, 1.54) is 11.1 Å². The Kier molecular flexibility index (Phi) is 3.94. The van der Waals surface area contributed by atoms with Gasteiger partial charge in [-0.3, -0.25) is 4.90 Å². The van der Waals surface area contributed by atoms with E-state index in [0.717, 1.165) is 26.3 Å². The highest BCUT2D eigenvalue weighted by atomic mass is 16.6. The number of epoxide rings is 2. The highest BCUT2D eigenvalue weighted by Crippen LogP contribution is 2.31. The van der Waals surface area contributed by atoms with Gasteiger partial charge in [0.15, 0.2) is 0 Å². The van der Waals surface area contributed by atoms with Crippen LogP contribution in [-0.4, -0.2) is 43.4 Å². The first-order chi connectivity index (χ1) is 10.9. The summed E-state index contributed by atoms with van der Waals surface area (Å²) in [4.78, 5) is 2.51. The molecule has 0 spiro atoms. The number of rotatable bonds is 7. The molecule has 2 aromatic carbocycles. The van der Waals surface area contributed by atoms with E-state index in [4.69, 9.17) is 9.47 Å². The van der Waals surface area contributed by atoms with Crippen molar-refractivity contribution < 1.29 is 9.47 Å². The monoisotopic (exact) mass is 295 g/mol. The molecule has 0 aliphatic carbocycles. The number of hydrogen-bond donors (Lipinski definition) is 0. The quantitative estimate of drug-likeness (QED) is 0.735. The zero-order chi connectivity index (χ0) is 14.8. The molecule has 2 unspecified atom stereocenters. The van der Waals surface area contributed by atoms with Gasteiger partial charge in [-0.15, -0.1) is 0 Å². The molecule has 3 nitrogen and oxygen atoms in total. The minimum atomic E-state index is 0.260. The van der Waals surface area contributed by atoms with Crippen molar-refractivity contribution in [1.29, 1.82) is 0 Å². The van der Waals surface area contributed by atoms with Crippen molar-refractivity contribution in [3.63, 3.8) is 0 Å². The van der Waals surface area contributed by atoms with Gasteiger partial charge in [0.1, 0.15) is 0 Å². The van der Waals surface area contributed by atoms with E-state index in [1.807, 2.05) is 0 Å². The second-order valence-electron chi connectivity index (χ2n) is 6.09. The standard InChI is InChI=1S/C19H21NO2/c1-3-7-15(8-4-1)19(16-9-5-2-6-10-16)20(11-17-13-21-17)12-18-14-22-18/h1-10,17-19H,11-14H2. The molecule has 0 N–H and O–H groups in total. The highest BCUT2D eigenvalue weighted by Gasteiger charge is 2.35. The van der Waals surface area contributed by atoms with Crippen LogP contribution in [0.5, 0.6) is 0 Å². The van der Waals surface area contributed by atoms with Crippen LogP contribution in [0.4, 0.5) is 0 Å². The Morgan fingerprint density at radius 3 is 1.55 bits per heavy atom. The van der Waals surface area contributed by atoms with Crippen molar-refractivity contribution in [1.82, 2.24) is 4.90 Å². The molecule has 2 atom stereocenters. The molecule has 2 fully saturated rings. The van der Waals surface area contributed by atoms with Crippen LogP contribution in [-0.2, 0) is 9.47 Å². The number of nitrogens with zero attached hydrogens (tertiary/aromatic N) is 1. The molecule has 0 bridgehead atoms. The second kappa shape index (κ2) is 6.21. The van der Waals surface area contributed by atoms with Gasteiger partial charge in [-0.2, -0.15) is 0 Å². The molecule has 0 saturated carbocycles. The summed E-state index contributed by atoms with van der Waals surface area (Å²) in [6, 6.07) is 21.7. The molecule has 2 aromatic rings. The summed E-state index contributed by atoms with van der Waals surface area (Å²) in [5.74, 6) is 0. The Balaban J connectivity index is 1.67. The summed E-state index contributed by atoms with van der Waals surface area (Å²) in [5, 5.41) is 0. The third-order valence-electron chi connectivity index (χ3n) is 4.28. The molecule has 4 rings (SSSR count). The Morgan fingerprint density at radius 2 is 1.18 bits per heavy atom. The maximum absolute atomic E-state index is 5.48. The fourth-order valence-electron chi connectivity index (χ4n) is 3.04. The lowest BCUT2D eigenvalue weighted by molar-refractivity contribution is 0.184. The molecule has 22 heavy (non-hydrogen) atoms. The van der Waals surface area contributed by atoms with Crippen molar-refractivity contribution in [2.24, 2.45) is 0 Å². The van der Waals surface area contributed by atoms with Crippen molar-refractivity contribution in [2.45, 2.75) is 18.2 Å². The normalized spacial score (nSPS) is 23.0. The fourth-order valence-corrected chi connectivity index (χ4v) is 3.04. The molecule has 0 amide bonds.